The molecule has 27 heavy (non-hydrogen) atoms. The summed E-state index contributed by atoms with van der Waals surface area (Å²) in [6, 6.07) is 4.67. The molecule has 0 unspecified atom stereocenters. The van der Waals surface area contributed by atoms with Gasteiger partial charge >= 0.3 is 0 Å². The zero-order valence-electron chi connectivity index (χ0n) is 14.4. The Morgan fingerprint density at radius 1 is 1.30 bits per heavy atom. The first-order chi connectivity index (χ1) is 13.0. The highest BCUT2D eigenvalue weighted by Crippen LogP contribution is 2.26. The molecule has 138 valence electrons. The first-order valence-corrected chi connectivity index (χ1v) is 8.70. The molecule has 2 aromatic heterocycles. The van der Waals surface area contributed by atoms with Crippen molar-refractivity contribution in [1.82, 2.24) is 19.7 Å². The number of aromatic nitrogens is 4. The molecule has 4 rings (SSSR count). The van der Waals surface area contributed by atoms with Gasteiger partial charge in [0.15, 0.2) is 0 Å². The van der Waals surface area contributed by atoms with E-state index in [2.05, 4.69) is 15.2 Å². The summed E-state index contributed by atoms with van der Waals surface area (Å²) in [6.07, 6.45) is 3.07. The number of aromatic hydroxyl groups is 1. The van der Waals surface area contributed by atoms with Gasteiger partial charge in [0.25, 0.3) is 5.56 Å². The topological polar surface area (TPSA) is 104 Å². The fourth-order valence-corrected chi connectivity index (χ4v) is 3.49. The largest absolute Gasteiger partial charge is 0.508 e. The third-order valence-electron chi connectivity index (χ3n) is 4.67. The van der Waals surface area contributed by atoms with Crippen LogP contribution in [0.1, 0.15) is 27.4 Å². The average molecular weight is 386 g/mol. The maximum Gasteiger partial charge on any atom is 0.285 e. The molecule has 0 fully saturated rings. The summed E-state index contributed by atoms with van der Waals surface area (Å²) in [4.78, 5) is 30.9. The van der Waals surface area contributed by atoms with Gasteiger partial charge in [0.05, 0.1) is 24.6 Å². The van der Waals surface area contributed by atoms with E-state index >= 15 is 0 Å². The minimum atomic E-state index is -0.443. The van der Waals surface area contributed by atoms with E-state index in [9.17, 15) is 14.7 Å². The highest BCUT2D eigenvalue weighted by atomic mass is 35.5. The van der Waals surface area contributed by atoms with Crippen molar-refractivity contribution >= 4 is 23.1 Å². The van der Waals surface area contributed by atoms with Crippen LogP contribution < -0.4 is 10.5 Å². The number of benzene rings is 1. The van der Waals surface area contributed by atoms with Gasteiger partial charge in [-0.3, -0.25) is 9.59 Å². The van der Waals surface area contributed by atoms with Crippen LogP contribution in [0.25, 0.3) is 0 Å². The number of imidazole rings is 1. The van der Waals surface area contributed by atoms with Crippen molar-refractivity contribution in [2.75, 3.05) is 11.4 Å². The number of carbonyl (C=O) groups is 1. The van der Waals surface area contributed by atoms with Crippen molar-refractivity contribution in [2.45, 2.75) is 20.0 Å². The van der Waals surface area contributed by atoms with Crippen molar-refractivity contribution < 1.29 is 9.90 Å². The standard InChI is InChI=1S/C18H16ClN5O3/c1-10-6-11(25)2-3-12(10)17(26)14-7-20-15-9-23(4-5-24(14)15)13-8-21-22-18(27)16(13)19/h2-3,6-8,25H,4-5,9H2,1H3,(H,22,27). The van der Waals surface area contributed by atoms with E-state index in [0.29, 0.717) is 48.0 Å². The van der Waals surface area contributed by atoms with Gasteiger partial charge in [-0.15, -0.1) is 0 Å². The highest BCUT2D eigenvalue weighted by molar-refractivity contribution is 6.33. The maximum absolute atomic E-state index is 12.9. The van der Waals surface area contributed by atoms with Crippen LogP contribution in [0.5, 0.6) is 5.75 Å². The molecule has 0 bridgehead atoms. The molecule has 0 atom stereocenters. The summed E-state index contributed by atoms with van der Waals surface area (Å²) < 4.78 is 1.87. The molecule has 3 aromatic rings. The molecule has 0 saturated heterocycles. The number of phenols is 1. The van der Waals surface area contributed by atoms with Gasteiger partial charge in [0.2, 0.25) is 5.78 Å². The number of rotatable bonds is 3. The quantitative estimate of drug-likeness (QED) is 0.667. The predicted molar refractivity (Wildman–Crippen MR) is 99.4 cm³/mol. The lowest BCUT2D eigenvalue weighted by Gasteiger charge is -2.30. The maximum atomic E-state index is 12.9. The van der Waals surface area contributed by atoms with Crippen LogP contribution in [0, 0.1) is 6.92 Å². The van der Waals surface area contributed by atoms with Crippen molar-refractivity contribution in [1.29, 1.82) is 0 Å². The number of nitrogens with one attached hydrogen (secondary N) is 1. The Labute approximate surface area is 159 Å². The summed E-state index contributed by atoms with van der Waals surface area (Å²) >= 11 is 6.09. The smallest absolute Gasteiger partial charge is 0.285 e. The molecule has 1 aliphatic rings. The Kier molecular flexibility index (Phi) is 4.19. The van der Waals surface area contributed by atoms with E-state index < -0.39 is 5.56 Å². The summed E-state index contributed by atoms with van der Waals surface area (Å²) in [7, 11) is 0. The lowest BCUT2D eigenvalue weighted by Crippen LogP contribution is -2.36. The lowest BCUT2D eigenvalue weighted by molar-refractivity contribution is 0.102. The normalized spacial score (nSPS) is 13.5. The Balaban J connectivity index is 1.65. The molecule has 3 heterocycles. The fourth-order valence-electron chi connectivity index (χ4n) is 3.28. The van der Waals surface area contributed by atoms with Crippen molar-refractivity contribution in [3.05, 3.63) is 68.6 Å². The monoisotopic (exact) mass is 385 g/mol. The minimum absolute atomic E-state index is 0.0843. The molecule has 0 radical (unpaired) electrons. The molecule has 1 aliphatic heterocycles. The lowest BCUT2D eigenvalue weighted by atomic mass is 10.0. The van der Waals surface area contributed by atoms with E-state index in [1.54, 1.807) is 25.3 Å². The summed E-state index contributed by atoms with van der Waals surface area (Å²) in [6.45, 7) is 3.27. The number of hydrogen-bond acceptors (Lipinski definition) is 6. The number of aryl methyl sites for hydroxylation is 1. The number of aromatic amines is 1. The van der Waals surface area contributed by atoms with Gasteiger partial charge in [-0.25, -0.2) is 10.1 Å². The summed E-state index contributed by atoms with van der Waals surface area (Å²) in [5.74, 6) is 0.686. The zero-order chi connectivity index (χ0) is 19.1. The molecular formula is C18H16ClN5O3. The number of halogens is 1. The average Bonchev–Trinajstić information content (AvgIpc) is 3.06. The van der Waals surface area contributed by atoms with E-state index in [-0.39, 0.29) is 16.6 Å². The van der Waals surface area contributed by atoms with Gasteiger partial charge in [-0.05, 0) is 30.7 Å². The van der Waals surface area contributed by atoms with Crippen LogP contribution in [0.3, 0.4) is 0 Å². The summed E-state index contributed by atoms with van der Waals surface area (Å²) in [5, 5.41) is 15.7. The number of H-pyrrole nitrogens is 1. The molecule has 1 aromatic carbocycles. The van der Waals surface area contributed by atoms with Gasteiger partial charge < -0.3 is 14.6 Å². The third-order valence-corrected chi connectivity index (χ3v) is 5.03. The SMILES string of the molecule is Cc1cc(O)ccc1C(=O)c1cnc2n1CCN(c1cn[nH]c(=O)c1Cl)C2. The third kappa shape index (κ3) is 2.97. The first kappa shape index (κ1) is 17.3. The molecule has 8 nitrogen and oxygen atoms in total. The van der Waals surface area contributed by atoms with E-state index in [0.717, 1.165) is 0 Å². The molecule has 0 aliphatic carbocycles. The van der Waals surface area contributed by atoms with Crippen LogP contribution in [0.15, 0.2) is 35.4 Å². The van der Waals surface area contributed by atoms with Crippen LogP contribution in [0.4, 0.5) is 5.69 Å². The second-order valence-electron chi connectivity index (χ2n) is 6.36. The van der Waals surface area contributed by atoms with E-state index in [1.165, 1.54) is 12.3 Å². The summed E-state index contributed by atoms with van der Waals surface area (Å²) in [5.41, 5.74) is 1.82. The fraction of sp³-hybridized carbons (Fsp3) is 0.222. The molecule has 0 amide bonds. The van der Waals surface area contributed by atoms with Crippen LogP contribution in [-0.4, -0.2) is 37.2 Å². The Bertz CT molecular complexity index is 1100. The Morgan fingerprint density at radius 3 is 2.89 bits per heavy atom. The number of fused-ring (bicyclic) bond motifs is 1. The van der Waals surface area contributed by atoms with Crippen molar-refractivity contribution in [2.24, 2.45) is 0 Å². The number of nitrogens with zero attached hydrogens (tertiary/aromatic N) is 4. The second-order valence-corrected chi connectivity index (χ2v) is 6.74. The Hall–Kier alpha value is -3.13. The van der Waals surface area contributed by atoms with Crippen molar-refractivity contribution in [3.8, 4) is 5.75 Å². The van der Waals surface area contributed by atoms with Crippen LogP contribution in [-0.2, 0) is 13.1 Å². The molecular weight excluding hydrogens is 370 g/mol. The van der Waals surface area contributed by atoms with Gasteiger partial charge in [0.1, 0.15) is 22.3 Å². The Morgan fingerprint density at radius 2 is 2.11 bits per heavy atom. The molecule has 0 saturated carbocycles. The van der Waals surface area contributed by atoms with Crippen molar-refractivity contribution in [3.63, 3.8) is 0 Å². The van der Waals surface area contributed by atoms with Gasteiger partial charge in [0, 0.05) is 18.7 Å². The number of anilines is 1. The molecule has 9 heteroatoms. The number of carbonyl (C=O) groups excluding carboxylic acids is 1. The first-order valence-electron chi connectivity index (χ1n) is 8.32. The number of hydrogen-bond donors (Lipinski definition) is 2. The van der Waals surface area contributed by atoms with Gasteiger partial charge in [-0.2, -0.15) is 5.10 Å². The highest BCUT2D eigenvalue weighted by Gasteiger charge is 2.26. The van der Waals surface area contributed by atoms with E-state index in [1.807, 2.05) is 9.47 Å². The number of ketones is 1. The van der Waals surface area contributed by atoms with Crippen LogP contribution in [0.2, 0.25) is 5.02 Å². The molecule has 0 spiro atoms. The van der Waals surface area contributed by atoms with E-state index in [4.69, 9.17) is 11.6 Å². The van der Waals surface area contributed by atoms with Gasteiger partial charge in [-0.1, -0.05) is 11.6 Å². The second kappa shape index (κ2) is 6.55. The predicted octanol–water partition coefficient (Wildman–Crippen LogP) is 1.89. The number of phenolic OH excluding ortho intramolecular Hbond substituents is 1. The van der Waals surface area contributed by atoms with Crippen LogP contribution >= 0.6 is 11.6 Å². The zero-order valence-corrected chi connectivity index (χ0v) is 15.2. The minimum Gasteiger partial charge on any atom is -0.508 e. The molecule has 2 N–H and O–H groups in total.